The van der Waals surface area contributed by atoms with Gasteiger partial charge in [0.15, 0.2) is 0 Å². The van der Waals surface area contributed by atoms with Crippen LogP contribution in [0.5, 0.6) is 0 Å². The van der Waals surface area contributed by atoms with Crippen LogP contribution in [0.15, 0.2) is 10.8 Å². The van der Waals surface area contributed by atoms with Gasteiger partial charge in [0.05, 0.1) is 0 Å². The van der Waals surface area contributed by atoms with E-state index in [0.717, 1.165) is 10.6 Å². The minimum absolute atomic E-state index is 0.334. The van der Waals surface area contributed by atoms with Crippen LogP contribution >= 0.6 is 34.5 Å². The van der Waals surface area contributed by atoms with Crippen molar-refractivity contribution in [2.75, 3.05) is 0 Å². The normalized spacial score (nSPS) is 10.5. The highest BCUT2D eigenvalue weighted by molar-refractivity contribution is 7.11. The fourth-order valence-corrected chi connectivity index (χ4v) is 2.69. The van der Waals surface area contributed by atoms with E-state index in [1.807, 2.05) is 0 Å². The van der Waals surface area contributed by atoms with Crippen molar-refractivity contribution in [2.24, 2.45) is 0 Å². The molecule has 2 heterocycles. The Bertz CT molecular complexity index is 394. The van der Waals surface area contributed by atoms with E-state index in [1.54, 1.807) is 11.3 Å². The molecule has 0 spiro atoms. The molecule has 0 aromatic carbocycles. The number of thiophene rings is 1. The molecule has 0 aliphatic rings. The first-order valence-electron chi connectivity index (χ1n) is 3.30. The average molecular weight is 217 g/mol. The van der Waals surface area contributed by atoms with E-state index in [2.05, 4.69) is 27.0 Å². The second-order valence-electron chi connectivity index (χ2n) is 2.34. The van der Waals surface area contributed by atoms with E-state index < -0.39 is 0 Å². The van der Waals surface area contributed by atoms with Crippen LogP contribution in [0.1, 0.15) is 5.56 Å². The number of aryl methyl sites for hydroxylation is 1. The molecule has 2 aromatic heterocycles. The standard InChI is InChI=1S/C7H5ClN2S2/c1-4-2-11-3-5(4)6-9-7(8)10-12-6/h2-3H,1H3. The molecule has 0 aliphatic heterocycles. The lowest BCUT2D eigenvalue weighted by atomic mass is 10.2. The van der Waals surface area contributed by atoms with Crippen LogP contribution in [0.3, 0.4) is 0 Å². The van der Waals surface area contributed by atoms with Gasteiger partial charge in [-0.15, -0.1) is 0 Å². The Hall–Kier alpha value is -0.450. The summed E-state index contributed by atoms with van der Waals surface area (Å²) < 4.78 is 3.91. The first kappa shape index (κ1) is 8.16. The molecule has 0 bridgehead atoms. The lowest BCUT2D eigenvalue weighted by Crippen LogP contribution is -1.73. The van der Waals surface area contributed by atoms with Crippen molar-refractivity contribution in [3.63, 3.8) is 0 Å². The molecule has 0 amide bonds. The molecule has 2 nitrogen and oxygen atoms in total. The molecule has 0 unspecified atom stereocenters. The zero-order chi connectivity index (χ0) is 8.55. The SMILES string of the molecule is Cc1cscc1-c1nc(Cl)ns1. The largest absolute Gasteiger partial charge is 0.234 e. The van der Waals surface area contributed by atoms with E-state index in [0.29, 0.717) is 5.28 Å². The molecule has 0 fully saturated rings. The number of aromatic nitrogens is 2. The van der Waals surface area contributed by atoms with Crippen molar-refractivity contribution >= 4 is 34.5 Å². The summed E-state index contributed by atoms with van der Waals surface area (Å²) in [6.45, 7) is 2.06. The zero-order valence-corrected chi connectivity index (χ0v) is 8.63. The maximum absolute atomic E-state index is 5.62. The summed E-state index contributed by atoms with van der Waals surface area (Å²) in [5.74, 6) is 0. The van der Waals surface area contributed by atoms with E-state index in [-0.39, 0.29) is 0 Å². The molecule has 0 N–H and O–H groups in total. The van der Waals surface area contributed by atoms with Gasteiger partial charge in [-0.2, -0.15) is 15.7 Å². The molecule has 12 heavy (non-hydrogen) atoms. The maximum Gasteiger partial charge on any atom is 0.234 e. The second-order valence-corrected chi connectivity index (χ2v) is 4.17. The highest BCUT2D eigenvalue weighted by atomic mass is 35.5. The summed E-state index contributed by atoms with van der Waals surface area (Å²) in [7, 11) is 0. The first-order chi connectivity index (χ1) is 5.77. The minimum atomic E-state index is 0.334. The maximum atomic E-state index is 5.62. The fourth-order valence-electron chi connectivity index (χ4n) is 0.895. The third-order valence-corrected chi connectivity index (χ3v) is 3.37. The molecule has 0 atom stereocenters. The topological polar surface area (TPSA) is 25.8 Å². The van der Waals surface area contributed by atoms with E-state index in [1.165, 1.54) is 17.1 Å². The van der Waals surface area contributed by atoms with Crippen LogP contribution in [-0.2, 0) is 0 Å². The van der Waals surface area contributed by atoms with E-state index in [9.17, 15) is 0 Å². The van der Waals surface area contributed by atoms with Gasteiger partial charge in [-0.3, -0.25) is 0 Å². The van der Waals surface area contributed by atoms with Gasteiger partial charge in [0, 0.05) is 10.9 Å². The van der Waals surface area contributed by atoms with Gasteiger partial charge >= 0.3 is 0 Å². The Kier molecular flexibility index (Phi) is 2.12. The second kappa shape index (κ2) is 3.12. The first-order valence-corrected chi connectivity index (χ1v) is 5.39. The van der Waals surface area contributed by atoms with Crippen LogP contribution in [0.25, 0.3) is 10.6 Å². The van der Waals surface area contributed by atoms with Gasteiger partial charge in [-0.25, -0.2) is 4.98 Å². The molecular formula is C7H5ClN2S2. The van der Waals surface area contributed by atoms with Crippen LogP contribution in [0, 0.1) is 6.92 Å². The van der Waals surface area contributed by atoms with Gasteiger partial charge in [-0.1, -0.05) is 0 Å². The Morgan fingerprint density at radius 2 is 2.25 bits per heavy atom. The van der Waals surface area contributed by atoms with Gasteiger partial charge in [0.1, 0.15) is 5.01 Å². The molecule has 0 radical (unpaired) electrons. The van der Waals surface area contributed by atoms with E-state index >= 15 is 0 Å². The highest BCUT2D eigenvalue weighted by Gasteiger charge is 2.07. The molecule has 0 aliphatic carbocycles. The average Bonchev–Trinajstić information content (AvgIpc) is 2.58. The molecule has 2 rings (SSSR count). The van der Waals surface area contributed by atoms with Crippen molar-refractivity contribution in [2.45, 2.75) is 6.92 Å². The molecule has 0 saturated carbocycles. The lowest BCUT2D eigenvalue weighted by Gasteiger charge is -1.89. The summed E-state index contributed by atoms with van der Waals surface area (Å²) >= 11 is 8.62. The Balaban J connectivity index is 2.50. The van der Waals surface area contributed by atoms with Gasteiger partial charge in [0.2, 0.25) is 5.28 Å². The molecular weight excluding hydrogens is 212 g/mol. The minimum Gasteiger partial charge on any atom is -0.205 e. The molecule has 0 saturated heterocycles. The van der Waals surface area contributed by atoms with Gasteiger partial charge in [-0.05, 0) is 41.0 Å². The third-order valence-electron chi connectivity index (χ3n) is 1.49. The summed E-state index contributed by atoms with van der Waals surface area (Å²) in [5, 5.41) is 5.39. The van der Waals surface area contributed by atoms with Crippen molar-refractivity contribution in [3.8, 4) is 10.6 Å². The monoisotopic (exact) mass is 216 g/mol. The van der Waals surface area contributed by atoms with Gasteiger partial charge in [0.25, 0.3) is 0 Å². The number of nitrogens with zero attached hydrogens (tertiary/aromatic N) is 2. The molecule has 5 heteroatoms. The predicted molar refractivity (Wildman–Crippen MR) is 53.0 cm³/mol. The quantitative estimate of drug-likeness (QED) is 0.732. The predicted octanol–water partition coefficient (Wildman–Crippen LogP) is 3.23. The summed E-state index contributed by atoms with van der Waals surface area (Å²) in [6, 6.07) is 0. The number of hydrogen-bond acceptors (Lipinski definition) is 4. The Morgan fingerprint density at radius 1 is 1.42 bits per heavy atom. The lowest BCUT2D eigenvalue weighted by molar-refractivity contribution is 1.32. The van der Waals surface area contributed by atoms with Crippen LogP contribution in [0.4, 0.5) is 0 Å². The summed E-state index contributed by atoms with van der Waals surface area (Å²) in [6.07, 6.45) is 0. The highest BCUT2D eigenvalue weighted by Crippen LogP contribution is 2.28. The van der Waals surface area contributed by atoms with Crippen LogP contribution in [-0.4, -0.2) is 9.36 Å². The van der Waals surface area contributed by atoms with E-state index in [4.69, 9.17) is 11.6 Å². The van der Waals surface area contributed by atoms with Gasteiger partial charge < -0.3 is 0 Å². The van der Waals surface area contributed by atoms with Crippen LogP contribution < -0.4 is 0 Å². The van der Waals surface area contributed by atoms with Crippen LogP contribution in [0.2, 0.25) is 5.28 Å². The zero-order valence-electron chi connectivity index (χ0n) is 6.24. The number of halogens is 1. The number of hydrogen-bond donors (Lipinski definition) is 0. The Labute approximate surface area is 83.0 Å². The van der Waals surface area contributed by atoms with Crippen molar-refractivity contribution < 1.29 is 0 Å². The van der Waals surface area contributed by atoms with Crippen molar-refractivity contribution in [1.29, 1.82) is 0 Å². The summed E-state index contributed by atoms with van der Waals surface area (Å²) in [4.78, 5) is 4.09. The fraction of sp³-hybridized carbons (Fsp3) is 0.143. The summed E-state index contributed by atoms with van der Waals surface area (Å²) in [5.41, 5.74) is 2.37. The third kappa shape index (κ3) is 1.37. The van der Waals surface area contributed by atoms with Crippen molar-refractivity contribution in [3.05, 3.63) is 21.6 Å². The number of rotatable bonds is 1. The molecule has 62 valence electrons. The Morgan fingerprint density at radius 3 is 2.75 bits per heavy atom. The molecule has 2 aromatic rings. The smallest absolute Gasteiger partial charge is 0.205 e. The van der Waals surface area contributed by atoms with Crippen molar-refractivity contribution in [1.82, 2.24) is 9.36 Å².